The number of benzene rings is 1. The number of hydrogen-bond donors (Lipinski definition) is 0. The van der Waals surface area contributed by atoms with Crippen LogP contribution >= 0.6 is 0 Å². The first-order chi connectivity index (χ1) is 10.6. The van der Waals surface area contributed by atoms with E-state index in [-0.39, 0.29) is 0 Å². The van der Waals surface area contributed by atoms with E-state index in [2.05, 4.69) is 38.1 Å². The Morgan fingerprint density at radius 1 is 0.727 bits per heavy atom. The minimum atomic E-state index is -1.21. The van der Waals surface area contributed by atoms with E-state index in [1.165, 1.54) is 11.1 Å². The van der Waals surface area contributed by atoms with Gasteiger partial charge in [-0.25, -0.2) is 0 Å². The lowest BCUT2D eigenvalue weighted by atomic mass is 9.99. The van der Waals surface area contributed by atoms with Gasteiger partial charge in [0, 0.05) is 39.5 Å². The zero-order valence-electron chi connectivity index (χ0n) is 14.5. The first-order valence-electron chi connectivity index (χ1n) is 7.53. The van der Waals surface area contributed by atoms with Gasteiger partial charge in [0.1, 0.15) is 0 Å². The van der Waals surface area contributed by atoms with Gasteiger partial charge in [0.25, 0.3) is 0 Å². The molecule has 0 bridgehead atoms. The van der Waals surface area contributed by atoms with E-state index in [4.69, 9.17) is 17.7 Å². The Bertz CT molecular complexity index is 383. The molecule has 1 aromatic carbocycles. The van der Waals surface area contributed by atoms with E-state index in [1.807, 2.05) is 0 Å². The van der Waals surface area contributed by atoms with E-state index in [1.54, 1.807) is 28.4 Å². The van der Waals surface area contributed by atoms with Crippen molar-refractivity contribution in [3.8, 4) is 0 Å². The van der Waals surface area contributed by atoms with Crippen molar-refractivity contribution in [2.45, 2.75) is 37.8 Å². The normalized spacial score (nSPS) is 14.5. The van der Waals surface area contributed by atoms with Gasteiger partial charge in [0.2, 0.25) is 0 Å². The summed E-state index contributed by atoms with van der Waals surface area (Å²) in [6.45, 7) is 4.39. The van der Waals surface area contributed by atoms with Gasteiger partial charge in [-0.05, 0) is 24.0 Å². The summed E-state index contributed by atoms with van der Waals surface area (Å²) in [6.07, 6.45) is 1.95. The molecule has 2 atom stereocenters. The van der Waals surface area contributed by atoms with Crippen LogP contribution in [0.25, 0.3) is 0 Å². The summed E-state index contributed by atoms with van der Waals surface area (Å²) in [5, 5.41) is 0. The van der Waals surface area contributed by atoms with Crippen LogP contribution in [0.15, 0.2) is 24.3 Å². The lowest BCUT2D eigenvalue weighted by Crippen LogP contribution is -2.27. The standard InChI is InChI=1S/C16H28O4Si2/c1-13(21(17-3)18-4)11-15-9-7-8-10-16(15)12-14(2)22(19-5)20-6/h7-10,13-14H,11-12H2,1-6H3. The lowest BCUT2D eigenvalue weighted by molar-refractivity contribution is 0.265. The molecule has 0 N–H and O–H groups in total. The average molecular weight is 341 g/mol. The van der Waals surface area contributed by atoms with Crippen molar-refractivity contribution < 1.29 is 17.7 Å². The van der Waals surface area contributed by atoms with Crippen LogP contribution in [0.2, 0.25) is 11.1 Å². The van der Waals surface area contributed by atoms with Crippen LogP contribution in [0.4, 0.5) is 0 Å². The Morgan fingerprint density at radius 3 is 1.32 bits per heavy atom. The maximum Gasteiger partial charge on any atom is 0.387 e. The van der Waals surface area contributed by atoms with Gasteiger partial charge >= 0.3 is 18.6 Å². The molecule has 0 fully saturated rings. The zero-order valence-corrected chi connectivity index (χ0v) is 16.5. The summed E-state index contributed by atoms with van der Waals surface area (Å²) in [4.78, 5) is 0. The molecule has 4 nitrogen and oxygen atoms in total. The smallest absolute Gasteiger partial charge is 0.387 e. The largest absolute Gasteiger partial charge is 0.397 e. The highest BCUT2D eigenvalue weighted by Crippen LogP contribution is 2.25. The van der Waals surface area contributed by atoms with Crippen LogP contribution in [-0.2, 0) is 30.5 Å². The first kappa shape index (κ1) is 19.5. The van der Waals surface area contributed by atoms with Crippen molar-refractivity contribution in [2.24, 2.45) is 0 Å². The van der Waals surface area contributed by atoms with Gasteiger partial charge in [0.15, 0.2) is 0 Å². The molecular formula is C16H28O4Si2. The maximum atomic E-state index is 5.47. The number of hydrogen-bond acceptors (Lipinski definition) is 4. The Morgan fingerprint density at radius 2 is 1.05 bits per heavy atom. The van der Waals surface area contributed by atoms with Crippen molar-refractivity contribution >= 4 is 18.6 Å². The van der Waals surface area contributed by atoms with Gasteiger partial charge in [-0.2, -0.15) is 0 Å². The van der Waals surface area contributed by atoms with Crippen LogP contribution < -0.4 is 0 Å². The fourth-order valence-electron chi connectivity index (χ4n) is 2.75. The molecule has 0 heterocycles. The summed E-state index contributed by atoms with van der Waals surface area (Å²) >= 11 is 0. The van der Waals surface area contributed by atoms with Crippen LogP contribution in [0.3, 0.4) is 0 Å². The SMILES string of the molecule is CO[Si](OC)C(C)Cc1ccccc1CC(C)[Si](OC)OC. The van der Waals surface area contributed by atoms with Gasteiger partial charge in [-0.3, -0.25) is 0 Å². The van der Waals surface area contributed by atoms with Crippen LogP contribution in [0, 0.1) is 0 Å². The van der Waals surface area contributed by atoms with E-state index in [9.17, 15) is 0 Å². The molecule has 124 valence electrons. The Labute approximate surface area is 138 Å². The molecule has 0 saturated carbocycles. The third-order valence-electron chi connectivity index (χ3n) is 3.78. The number of rotatable bonds is 10. The molecule has 0 saturated heterocycles. The van der Waals surface area contributed by atoms with Gasteiger partial charge in [0.05, 0.1) is 0 Å². The molecular weight excluding hydrogens is 312 g/mol. The maximum absolute atomic E-state index is 5.47. The molecule has 22 heavy (non-hydrogen) atoms. The summed E-state index contributed by atoms with van der Waals surface area (Å²) in [5.74, 6) is 0. The third-order valence-corrected chi connectivity index (χ3v) is 7.41. The van der Waals surface area contributed by atoms with Crippen LogP contribution in [0.1, 0.15) is 25.0 Å². The average Bonchev–Trinajstić information content (AvgIpc) is 2.51. The van der Waals surface area contributed by atoms with Crippen molar-refractivity contribution in [2.75, 3.05) is 28.4 Å². The van der Waals surface area contributed by atoms with Gasteiger partial charge < -0.3 is 17.7 Å². The lowest BCUT2D eigenvalue weighted by Gasteiger charge is -2.21. The fraction of sp³-hybridized carbons (Fsp3) is 0.625. The molecule has 2 unspecified atom stereocenters. The van der Waals surface area contributed by atoms with Crippen molar-refractivity contribution in [3.63, 3.8) is 0 Å². The molecule has 0 amide bonds. The van der Waals surface area contributed by atoms with Crippen molar-refractivity contribution in [1.29, 1.82) is 0 Å². The van der Waals surface area contributed by atoms with E-state index in [0.717, 1.165) is 12.8 Å². The fourth-order valence-corrected chi connectivity index (χ4v) is 5.47. The molecule has 1 aromatic rings. The molecule has 0 aromatic heterocycles. The van der Waals surface area contributed by atoms with E-state index < -0.39 is 18.6 Å². The monoisotopic (exact) mass is 340 g/mol. The van der Waals surface area contributed by atoms with Crippen molar-refractivity contribution in [3.05, 3.63) is 35.4 Å². The van der Waals surface area contributed by atoms with Gasteiger partial charge in [-0.15, -0.1) is 0 Å². The quantitative estimate of drug-likeness (QED) is 0.613. The highest BCUT2D eigenvalue weighted by Gasteiger charge is 2.25. The molecule has 0 aliphatic carbocycles. The predicted octanol–water partition coefficient (Wildman–Crippen LogP) is 3.11. The van der Waals surface area contributed by atoms with E-state index in [0.29, 0.717) is 11.1 Å². The zero-order chi connectivity index (χ0) is 16.5. The molecule has 2 radical (unpaired) electrons. The van der Waals surface area contributed by atoms with E-state index >= 15 is 0 Å². The summed E-state index contributed by atoms with van der Waals surface area (Å²) in [5.41, 5.74) is 3.52. The van der Waals surface area contributed by atoms with Crippen LogP contribution in [-0.4, -0.2) is 47.0 Å². The second-order valence-electron chi connectivity index (χ2n) is 5.43. The van der Waals surface area contributed by atoms with Crippen LogP contribution in [0.5, 0.6) is 0 Å². The first-order valence-corrected chi connectivity index (χ1v) is 10.3. The Kier molecular flexibility index (Phi) is 9.15. The summed E-state index contributed by atoms with van der Waals surface area (Å²) in [7, 11) is 4.50. The predicted molar refractivity (Wildman–Crippen MR) is 92.2 cm³/mol. The second-order valence-corrected chi connectivity index (χ2v) is 10.3. The molecule has 6 heteroatoms. The third kappa shape index (κ3) is 5.60. The molecule has 0 spiro atoms. The minimum Gasteiger partial charge on any atom is -0.397 e. The highest BCUT2D eigenvalue weighted by atomic mass is 28.3. The molecule has 0 aliphatic rings. The summed E-state index contributed by atoms with van der Waals surface area (Å²) < 4.78 is 21.9. The Hall–Kier alpha value is -0.506. The van der Waals surface area contributed by atoms with Gasteiger partial charge in [-0.1, -0.05) is 38.1 Å². The highest BCUT2D eigenvalue weighted by molar-refractivity contribution is 6.46. The molecule has 1 rings (SSSR count). The second kappa shape index (κ2) is 10.3. The molecule has 0 aliphatic heterocycles. The summed E-state index contributed by atoms with van der Waals surface area (Å²) in [6, 6.07) is 8.60. The minimum absolute atomic E-state index is 0.395. The Balaban J connectivity index is 2.81. The van der Waals surface area contributed by atoms with Crippen molar-refractivity contribution in [1.82, 2.24) is 0 Å². The topological polar surface area (TPSA) is 36.9 Å².